The Kier molecular flexibility index (Phi) is 10.6. The van der Waals surface area contributed by atoms with Crippen LogP contribution >= 0.6 is 0 Å². The topological polar surface area (TPSA) is 64.3 Å². The Balaban J connectivity index is 2.11. The molecule has 4 heteroatoms. The zero-order valence-electron chi connectivity index (χ0n) is 12.9. The first-order chi connectivity index (χ1) is 9.83. The lowest BCUT2D eigenvalue weighted by Crippen LogP contribution is -2.26. The van der Waals surface area contributed by atoms with Gasteiger partial charge in [-0.2, -0.15) is 0 Å². The molecule has 0 aromatic heterocycles. The Morgan fingerprint density at radius 2 is 1.60 bits per heavy atom. The van der Waals surface area contributed by atoms with Gasteiger partial charge in [0.15, 0.2) is 0 Å². The van der Waals surface area contributed by atoms with Crippen LogP contribution in [0, 0.1) is 5.92 Å². The van der Waals surface area contributed by atoms with E-state index in [9.17, 15) is 4.79 Å². The van der Waals surface area contributed by atoms with Crippen molar-refractivity contribution < 1.29 is 9.53 Å². The van der Waals surface area contributed by atoms with Crippen molar-refractivity contribution in [2.45, 2.75) is 64.2 Å². The Hall–Kier alpha value is -0.610. The molecular weight excluding hydrogens is 252 g/mol. The summed E-state index contributed by atoms with van der Waals surface area (Å²) in [6.45, 7) is 2.66. The second kappa shape index (κ2) is 12.2. The van der Waals surface area contributed by atoms with Gasteiger partial charge in [-0.25, -0.2) is 0 Å². The molecule has 0 amide bonds. The molecule has 4 nitrogen and oxygen atoms in total. The maximum atomic E-state index is 11.6. The van der Waals surface area contributed by atoms with Crippen LogP contribution in [0.5, 0.6) is 0 Å². The highest BCUT2D eigenvalue weighted by Gasteiger charge is 2.12. The number of esters is 1. The Morgan fingerprint density at radius 1 is 1.00 bits per heavy atom. The molecule has 0 saturated heterocycles. The van der Waals surface area contributed by atoms with Gasteiger partial charge < -0.3 is 15.8 Å². The fourth-order valence-electron chi connectivity index (χ4n) is 2.76. The van der Waals surface area contributed by atoms with Crippen molar-refractivity contribution >= 4 is 5.97 Å². The van der Waals surface area contributed by atoms with Crippen molar-refractivity contribution in [1.29, 1.82) is 0 Å². The Morgan fingerprint density at radius 3 is 2.20 bits per heavy atom. The molecule has 0 radical (unpaired) electrons. The molecular formula is C16H32N2O2. The Labute approximate surface area is 123 Å². The summed E-state index contributed by atoms with van der Waals surface area (Å²) in [5, 5.41) is 3.11. The van der Waals surface area contributed by atoms with Gasteiger partial charge in [-0.1, -0.05) is 44.9 Å². The van der Waals surface area contributed by atoms with Crippen molar-refractivity contribution in [1.82, 2.24) is 5.32 Å². The average Bonchev–Trinajstić information content (AvgIpc) is 2.47. The van der Waals surface area contributed by atoms with Crippen LogP contribution in [0.3, 0.4) is 0 Å². The van der Waals surface area contributed by atoms with E-state index in [4.69, 9.17) is 10.5 Å². The highest BCUT2D eigenvalue weighted by molar-refractivity contribution is 5.69. The van der Waals surface area contributed by atoms with E-state index in [0.29, 0.717) is 32.0 Å². The van der Waals surface area contributed by atoms with Crippen LogP contribution in [0.25, 0.3) is 0 Å². The first kappa shape index (κ1) is 17.4. The fourth-order valence-corrected chi connectivity index (χ4v) is 2.76. The van der Waals surface area contributed by atoms with Crippen LogP contribution in [0.15, 0.2) is 0 Å². The number of hydrogen-bond acceptors (Lipinski definition) is 4. The molecule has 0 heterocycles. The zero-order chi connectivity index (χ0) is 14.5. The predicted molar refractivity (Wildman–Crippen MR) is 82.5 cm³/mol. The third-order valence-electron chi connectivity index (χ3n) is 4.03. The predicted octanol–water partition coefficient (Wildman–Crippen LogP) is 2.61. The number of ether oxygens (including phenoxy) is 1. The summed E-state index contributed by atoms with van der Waals surface area (Å²) in [6.07, 6.45) is 12.3. The smallest absolute Gasteiger partial charge is 0.307 e. The summed E-state index contributed by atoms with van der Waals surface area (Å²) < 4.78 is 5.42. The van der Waals surface area contributed by atoms with Crippen molar-refractivity contribution in [3.8, 4) is 0 Å². The van der Waals surface area contributed by atoms with Crippen molar-refractivity contribution in [2.75, 3.05) is 26.2 Å². The monoisotopic (exact) mass is 284 g/mol. The standard InChI is InChI=1S/C16H32N2O2/c17-11-13-18-12-10-16(19)20-14-15-8-6-4-2-1-3-5-7-9-15/h15,18H,1-14,17H2. The van der Waals surface area contributed by atoms with Gasteiger partial charge in [0.2, 0.25) is 0 Å². The first-order valence-corrected chi connectivity index (χ1v) is 8.39. The van der Waals surface area contributed by atoms with Crippen LogP contribution < -0.4 is 11.1 Å². The highest BCUT2D eigenvalue weighted by Crippen LogP contribution is 2.21. The molecule has 0 spiro atoms. The minimum Gasteiger partial charge on any atom is -0.465 e. The Bertz CT molecular complexity index is 237. The number of hydrogen-bond donors (Lipinski definition) is 2. The summed E-state index contributed by atoms with van der Waals surface area (Å²) in [4.78, 5) is 11.6. The largest absolute Gasteiger partial charge is 0.465 e. The van der Waals surface area contributed by atoms with Crippen LogP contribution in [-0.2, 0) is 9.53 Å². The lowest BCUT2D eigenvalue weighted by atomic mass is 9.93. The van der Waals surface area contributed by atoms with Crippen LogP contribution in [0.1, 0.15) is 64.2 Å². The van der Waals surface area contributed by atoms with E-state index in [1.165, 1.54) is 57.8 Å². The van der Waals surface area contributed by atoms with Gasteiger partial charge in [0, 0.05) is 19.6 Å². The van der Waals surface area contributed by atoms with E-state index in [1.807, 2.05) is 0 Å². The molecule has 1 aliphatic carbocycles. The van der Waals surface area contributed by atoms with E-state index in [2.05, 4.69) is 5.32 Å². The van der Waals surface area contributed by atoms with E-state index in [1.54, 1.807) is 0 Å². The molecule has 20 heavy (non-hydrogen) atoms. The number of carbonyl (C=O) groups excluding carboxylic acids is 1. The number of carbonyl (C=O) groups is 1. The van der Waals surface area contributed by atoms with Crippen LogP contribution in [-0.4, -0.2) is 32.2 Å². The molecule has 3 N–H and O–H groups in total. The minimum absolute atomic E-state index is 0.0772. The molecule has 1 aliphatic rings. The summed E-state index contributed by atoms with van der Waals surface area (Å²) >= 11 is 0. The highest BCUT2D eigenvalue weighted by atomic mass is 16.5. The molecule has 0 unspecified atom stereocenters. The molecule has 0 bridgehead atoms. The van der Waals surface area contributed by atoms with Gasteiger partial charge in [0.25, 0.3) is 0 Å². The average molecular weight is 284 g/mol. The van der Waals surface area contributed by atoms with E-state index < -0.39 is 0 Å². The quantitative estimate of drug-likeness (QED) is 0.557. The summed E-state index contributed by atoms with van der Waals surface area (Å²) in [5.74, 6) is 0.501. The van der Waals surface area contributed by atoms with E-state index in [0.717, 1.165) is 6.54 Å². The maximum Gasteiger partial charge on any atom is 0.307 e. The first-order valence-electron chi connectivity index (χ1n) is 8.39. The minimum atomic E-state index is -0.0772. The molecule has 0 aromatic rings. The molecule has 1 saturated carbocycles. The molecule has 118 valence electrons. The third-order valence-corrected chi connectivity index (χ3v) is 4.03. The molecule has 0 aliphatic heterocycles. The van der Waals surface area contributed by atoms with Crippen molar-refractivity contribution in [2.24, 2.45) is 11.7 Å². The molecule has 0 aromatic carbocycles. The SMILES string of the molecule is NCCNCCC(=O)OCC1CCCCCCCCC1. The lowest BCUT2D eigenvalue weighted by molar-refractivity contribution is -0.145. The summed E-state index contributed by atoms with van der Waals surface area (Å²) in [7, 11) is 0. The van der Waals surface area contributed by atoms with E-state index >= 15 is 0 Å². The van der Waals surface area contributed by atoms with Gasteiger partial charge in [-0.15, -0.1) is 0 Å². The van der Waals surface area contributed by atoms with E-state index in [-0.39, 0.29) is 5.97 Å². The van der Waals surface area contributed by atoms with Gasteiger partial charge in [0.05, 0.1) is 13.0 Å². The second-order valence-electron chi connectivity index (χ2n) is 5.89. The van der Waals surface area contributed by atoms with Gasteiger partial charge in [-0.3, -0.25) is 4.79 Å². The maximum absolute atomic E-state index is 11.6. The molecule has 0 atom stereocenters. The van der Waals surface area contributed by atoms with Gasteiger partial charge in [0.1, 0.15) is 0 Å². The molecule has 1 rings (SSSR count). The normalized spacial score (nSPS) is 18.6. The van der Waals surface area contributed by atoms with Gasteiger partial charge in [-0.05, 0) is 18.8 Å². The number of nitrogens with two attached hydrogens (primary N) is 1. The second-order valence-corrected chi connectivity index (χ2v) is 5.89. The number of nitrogens with one attached hydrogen (secondary N) is 1. The van der Waals surface area contributed by atoms with Crippen molar-refractivity contribution in [3.63, 3.8) is 0 Å². The van der Waals surface area contributed by atoms with Crippen LogP contribution in [0.2, 0.25) is 0 Å². The zero-order valence-corrected chi connectivity index (χ0v) is 12.9. The van der Waals surface area contributed by atoms with Crippen LogP contribution in [0.4, 0.5) is 0 Å². The molecule has 1 fully saturated rings. The summed E-state index contributed by atoms with van der Waals surface area (Å²) in [5.41, 5.74) is 5.37. The fraction of sp³-hybridized carbons (Fsp3) is 0.938. The van der Waals surface area contributed by atoms with Crippen molar-refractivity contribution in [3.05, 3.63) is 0 Å². The lowest BCUT2D eigenvalue weighted by Gasteiger charge is -2.18. The third kappa shape index (κ3) is 9.32. The summed E-state index contributed by atoms with van der Waals surface area (Å²) in [6, 6.07) is 0. The van der Waals surface area contributed by atoms with Gasteiger partial charge >= 0.3 is 5.97 Å². The number of rotatable bonds is 7.